The third-order valence-corrected chi connectivity index (χ3v) is 4.76. The van der Waals surface area contributed by atoms with Crippen LogP contribution >= 0.6 is 0 Å². The summed E-state index contributed by atoms with van der Waals surface area (Å²) in [5.74, 6) is -6.84. The number of benzene rings is 2. The standard InChI is InChI=1S/C21H18F3NO4/c1-4-29-21(28)10(2)16-11(3)25(20(27)12-6-5-7-13(22)8-12)15-9-14(23)19(26)18(24)17(15)16/h5-10,26H,4H2,1-3H3. The SMILES string of the molecule is CCOC(=O)C(C)c1c(C)n(C(=O)c2cccc(F)c2)c2cc(F)c(O)c(F)c12. The van der Waals surface area contributed by atoms with E-state index in [1.54, 1.807) is 6.92 Å². The Balaban J connectivity index is 2.35. The van der Waals surface area contributed by atoms with Gasteiger partial charge in [-0.2, -0.15) is 0 Å². The molecule has 29 heavy (non-hydrogen) atoms. The average Bonchev–Trinajstić information content (AvgIpc) is 2.97. The van der Waals surface area contributed by atoms with E-state index < -0.39 is 41.0 Å². The molecule has 3 rings (SSSR count). The van der Waals surface area contributed by atoms with Crippen molar-refractivity contribution in [1.29, 1.82) is 0 Å². The highest BCUT2D eigenvalue weighted by Gasteiger charge is 2.31. The maximum atomic E-state index is 14.8. The van der Waals surface area contributed by atoms with E-state index in [1.165, 1.54) is 26.0 Å². The van der Waals surface area contributed by atoms with Crippen molar-refractivity contribution < 1.29 is 32.6 Å². The van der Waals surface area contributed by atoms with E-state index in [1.807, 2.05) is 0 Å². The Morgan fingerprint density at radius 1 is 1.21 bits per heavy atom. The van der Waals surface area contributed by atoms with E-state index in [0.29, 0.717) is 0 Å². The molecule has 0 aliphatic carbocycles. The summed E-state index contributed by atoms with van der Waals surface area (Å²) in [7, 11) is 0. The third-order valence-electron chi connectivity index (χ3n) is 4.76. The zero-order valence-electron chi connectivity index (χ0n) is 15.9. The summed E-state index contributed by atoms with van der Waals surface area (Å²) in [4.78, 5) is 25.3. The lowest BCUT2D eigenvalue weighted by molar-refractivity contribution is -0.144. The summed E-state index contributed by atoms with van der Waals surface area (Å²) in [6.45, 7) is 4.61. The van der Waals surface area contributed by atoms with Crippen molar-refractivity contribution in [3.8, 4) is 5.75 Å². The van der Waals surface area contributed by atoms with Gasteiger partial charge in [0.05, 0.1) is 18.0 Å². The molecule has 0 radical (unpaired) electrons. The second-order valence-corrected chi connectivity index (χ2v) is 6.54. The molecule has 0 saturated heterocycles. The molecule has 1 atom stereocenters. The van der Waals surface area contributed by atoms with E-state index in [4.69, 9.17) is 4.74 Å². The Bertz CT molecular complexity index is 1140. The van der Waals surface area contributed by atoms with Crippen molar-refractivity contribution in [3.63, 3.8) is 0 Å². The van der Waals surface area contributed by atoms with Gasteiger partial charge in [-0.25, -0.2) is 13.2 Å². The number of esters is 1. The minimum atomic E-state index is -1.29. The first-order chi connectivity index (χ1) is 13.7. The number of aromatic nitrogens is 1. The number of phenolic OH excluding ortho intramolecular Hbond substituents is 1. The predicted octanol–water partition coefficient (Wildman–Crippen LogP) is 4.43. The first-order valence-electron chi connectivity index (χ1n) is 8.87. The average molecular weight is 405 g/mol. The predicted molar refractivity (Wildman–Crippen MR) is 99.4 cm³/mol. The maximum absolute atomic E-state index is 14.8. The zero-order chi connectivity index (χ0) is 21.5. The summed E-state index contributed by atoms with van der Waals surface area (Å²) in [6, 6.07) is 5.65. The van der Waals surface area contributed by atoms with E-state index in [2.05, 4.69) is 0 Å². The van der Waals surface area contributed by atoms with Crippen LogP contribution in [-0.2, 0) is 9.53 Å². The molecule has 1 unspecified atom stereocenters. The van der Waals surface area contributed by atoms with Crippen LogP contribution < -0.4 is 0 Å². The number of nitrogens with zero attached hydrogens (tertiary/aromatic N) is 1. The minimum Gasteiger partial charge on any atom is -0.503 e. The van der Waals surface area contributed by atoms with Crippen molar-refractivity contribution in [3.05, 3.63) is 64.6 Å². The van der Waals surface area contributed by atoms with Crippen LogP contribution in [0.25, 0.3) is 10.9 Å². The van der Waals surface area contributed by atoms with Crippen molar-refractivity contribution in [2.45, 2.75) is 26.7 Å². The molecule has 3 aromatic rings. The van der Waals surface area contributed by atoms with Gasteiger partial charge < -0.3 is 9.84 Å². The van der Waals surface area contributed by atoms with Crippen molar-refractivity contribution >= 4 is 22.8 Å². The maximum Gasteiger partial charge on any atom is 0.313 e. The zero-order valence-corrected chi connectivity index (χ0v) is 15.9. The van der Waals surface area contributed by atoms with Crippen LogP contribution in [0.3, 0.4) is 0 Å². The summed E-state index contributed by atoms with van der Waals surface area (Å²) in [5, 5.41) is 9.46. The Labute approximate surface area is 164 Å². The monoisotopic (exact) mass is 405 g/mol. The van der Waals surface area contributed by atoms with Gasteiger partial charge >= 0.3 is 5.97 Å². The van der Waals surface area contributed by atoms with Crippen molar-refractivity contribution in [2.75, 3.05) is 6.61 Å². The number of phenols is 1. The van der Waals surface area contributed by atoms with Crippen LogP contribution in [0.15, 0.2) is 30.3 Å². The van der Waals surface area contributed by atoms with Gasteiger partial charge in [-0.1, -0.05) is 6.07 Å². The van der Waals surface area contributed by atoms with Crippen LogP contribution in [0.1, 0.15) is 41.4 Å². The summed E-state index contributed by atoms with van der Waals surface area (Å²) < 4.78 is 48.5. The summed E-state index contributed by atoms with van der Waals surface area (Å²) in [5.41, 5.74) is -0.000318. The molecule has 2 aromatic carbocycles. The summed E-state index contributed by atoms with van der Waals surface area (Å²) in [6.07, 6.45) is 0. The van der Waals surface area contributed by atoms with Gasteiger partial charge in [-0.15, -0.1) is 0 Å². The molecule has 8 heteroatoms. The second-order valence-electron chi connectivity index (χ2n) is 6.54. The lowest BCUT2D eigenvalue weighted by Gasteiger charge is -2.12. The van der Waals surface area contributed by atoms with Crippen molar-refractivity contribution in [1.82, 2.24) is 4.57 Å². The first kappa shape index (κ1) is 20.4. The lowest BCUT2D eigenvalue weighted by atomic mass is 9.97. The van der Waals surface area contributed by atoms with Gasteiger partial charge in [0.2, 0.25) is 0 Å². The van der Waals surface area contributed by atoms with Gasteiger partial charge in [0.1, 0.15) is 5.82 Å². The molecule has 5 nitrogen and oxygen atoms in total. The van der Waals surface area contributed by atoms with Crippen LogP contribution in [0.2, 0.25) is 0 Å². The highest BCUT2D eigenvalue weighted by atomic mass is 19.1. The first-order valence-corrected chi connectivity index (χ1v) is 8.87. The van der Waals surface area contributed by atoms with Crippen LogP contribution in [0, 0.1) is 24.4 Å². The van der Waals surface area contributed by atoms with E-state index in [-0.39, 0.29) is 34.3 Å². The lowest BCUT2D eigenvalue weighted by Crippen LogP contribution is -2.16. The highest BCUT2D eigenvalue weighted by molar-refractivity contribution is 6.05. The molecule has 1 heterocycles. The number of aromatic hydroxyl groups is 1. The quantitative estimate of drug-likeness (QED) is 0.652. The minimum absolute atomic E-state index is 0.0470. The number of hydrogen-bond donors (Lipinski definition) is 1. The Morgan fingerprint density at radius 2 is 1.90 bits per heavy atom. The fraction of sp³-hybridized carbons (Fsp3) is 0.238. The van der Waals surface area contributed by atoms with E-state index in [9.17, 15) is 27.9 Å². The van der Waals surface area contributed by atoms with Crippen LogP contribution in [-0.4, -0.2) is 28.2 Å². The van der Waals surface area contributed by atoms with Crippen LogP contribution in [0.5, 0.6) is 5.75 Å². The molecular weight excluding hydrogens is 387 g/mol. The van der Waals surface area contributed by atoms with E-state index in [0.717, 1.165) is 22.8 Å². The van der Waals surface area contributed by atoms with Crippen molar-refractivity contribution in [2.24, 2.45) is 0 Å². The highest BCUT2D eigenvalue weighted by Crippen LogP contribution is 2.38. The smallest absolute Gasteiger partial charge is 0.313 e. The molecule has 0 aliphatic heterocycles. The normalized spacial score (nSPS) is 12.2. The van der Waals surface area contributed by atoms with E-state index >= 15 is 0 Å². The van der Waals surface area contributed by atoms with Gasteiger partial charge in [-0.05, 0) is 44.5 Å². The van der Waals surface area contributed by atoms with Gasteiger partial charge in [0.15, 0.2) is 17.4 Å². The largest absolute Gasteiger partial charge is 0.503 e. The Kier molecular flexibility index (Phi) is 5.37. The molecule has 0 amide bonds. The molecule has 152 valence electrons. The molecule has 1 aromatic heterocycles. The second kappa shape index (κ2) is 7.62. The topological polar surface area (TPSA) is 68.5 Å². The number of hydrogen-bond acceptors (Lipinski definition) is 4. The summed E-state index contributed by atoms with van der Waals surface area (Å²) >= 11 is 0. The van der Waals surface area contributed by atoms with Gasteiger partial charge in [0.25, 0.3) is 5.91 Å². The molecule has 0 aliphatic rings. The fourth-order valence-corrected chi connectivity index (χ4v) is 3.44. The number of ether oxygens (including phenoxy) is 1. The fourth-order valence-electron chi connectivity index (χ4n) is 3.44. The molecule has 0 saturated carbocycles. The molecule has 0 bridgehead atoms. The molecule has 1 N–H and O–H groups in total. The molecular formula is C21H18F3NO4. The molecule has 0 spiro atoms. The number of carbonyl (C=O) groups excluding carboxylic acids is 2. The molecule has 0 fully saturated rings. The number of halogens is 3. The van der Waals surface area contributed by atoms with Gasteiger partial charge in [-0.3, -0.25) is 14.2 Å². The number of rotatable bonds is 4. The third kappa shape index (κ3) is 3.35. The van der Waals surface area contributed by atoms with Crippen LogP contribution in [0.4, 0.5) is 13.2 Å². The Morgan fingerprint density at radius 3 is 2.52 bits per heavy atom. The number of fused-ring (bicyclic) bond motifs is 1. The Hall–Kier alpha value is -3.29. The van der Waals surface area contributed by atoms with Gasteiger partial charge in [0, 0.05) is 22.7 Å². The number of carbonyl (C=O) groups is 2.